The van der Waals surface area contributed by atoms with Crippen molar-refractivity contribution in [2.75, 3.05) is 25.5 Å². The normalized spacial score (nSPS) is 10.6. The van der Waals surface area contributed by atoms with Crippen LogP contribution in [0.1, 0.15) is 18.2 Å². The molecule has 0 atom stereocenters. The summed E-state index contributed by atoms with van der Waals surface area (Å²) in [6, 6.07) is 9.24. The molecule has 0 unspecified atom stereocenters. The molecular formula is C20H25BrIN5O. The molecule has 0 saturated carbocycles. The Labute approximate surface area is 191 Å². The summed E-state index contributed by atoms with van der Waals surface area (Å²) in [4.78, 5) is 18.7. The van der Waals surface area contributed by atoms with E-state index in [9.17, 15) is 4.79 Å². The molecule has 8 heteroatoms. The first-order valence-corrected chi connectivity index (χ1v) is 9.39. The van der Waals surface area contributed by atoms with Crippen LogP contribution in [0.4, 0.5) is 5.69 Å². The van der Waals surface area contributed by atoms with E-state index in [1.807, 2.05) is 44.2 Å². The van der Waals surface area contributed by atoms with E-state index in [1.54, 1.807) is 12.1 Å². The van der Waals surface area contributed by atoms with Gasteiger partial charge in [0.1, 0.15) is 6.54 Å². The maximum atomic E-state index is 12.2. The van der Waals surface area contributed by atoms with Crippen LogP contribution in [0.5, 0.6) is 0 Å². The Hall–Kier alpha value is -1.99. The number of nitrogens with one attached hydrogen (secondary N) is 2. The van der Waals surface area contributed by atoms with Crippen LogP contribution >= 0.6 is 39.9 Å². The molecule has 0 saturated heterocycles. The lowest BCUT2D eigenvalue weighted by Gasteiger charge is -2.22. The molecule has 0 aliphatic rings. The van der Waals surface area contributed by atoms with E-state index >= 15 is 0 Å². The number of benzene rings is 1. The molecule has 1 aromatic heterocycles. The predicted octanol–water partition coefficient (Wildman–Crippen LogP) is 3.42. The summed E-state index contributed by atoms with van der Waals surface area (Å²) in [5, 5.41) is 6.03. The standard InChI is InChI=1S/C20H24BrN5O.HI/c1-5-15-8-7-9-17(10-15)24-19(27)12-23-20(22-6-2)26(4)14-18-11-16(21)13-25(18)3;/h1,7-11,13H,6,12,14H2,2-4H3,(H,22,23)(H,24,27);1H. The van der Waals surface area contributed by atoms with Crippen LogP contribution < -0.4 is 10.6 Å². The molecule has 1 heterocycles. The molecule has 0 radical (unpaired) electrons. The number of terminal acetylenes is 1. The number of carbonyl (C=O) groups excluding carboxylic acids is 1. The maximum absolute atomic E-state index is 12.2. The number of aromatic nitrogens is 1. The molecule has 0 spiro atoms. The molecule has 0 fully saturated rings. The number of nitrogens with zero attached hydrogens (tertiary/aromatic N) is 3. The zero-order valence-corrected chi connectivity index (χ0v) is 20.1. The third-order valence-corrected chi connectivity index (χ3v) is 4.29. The Kier molecular flexibility index (Phi) is 10.1. The molecule has 28 heavy (non-hydrogen) atoms. The fraction of sp³-hybridized carbons (Fsp3) is 0.300. The third-order valence-electron chi connectivity index (χ3n) is 3.86. The zero-order valence-electron chi connectivity index (χ0n) is 16.2. The van der Waals surface area contributed by atoms with Crippen LogP contribution in [0, 0.1) is 12.3 Å². The van der Waals surface area contributed by atoms with E-state index in [4.69, 9.17) is 6.42 Å². The highest BCUT2D eigenvalue weighted by Gasteiger charge is 2.11. The average Bonchev–Trinajstić information content (AvgIpc) is 2.95. The Balaban J connectivity index is 0.00000392. The monoisotopic (exact) mass is 557 g/mol. The summed E-state index contributed by atoms with van der Waals surface area (Å²) in [6.45, 7) is 3.39. The minimum absolute atomic E-state index is 0. The van der Waals surface area contributed by atoms with Crippen molar-refractivity contribution in [3.63, 3.8) is 0 Å². The molecule has 2 aromatic rings. The molecule has 150 valence electrons. The minimum atomic E-state index is -0.199. The highest BCUT2D eigenvalue weighted by Crippen LogP contribution is 2.15. The van der Waals surface area contributed by atoms with E-state index in [0.29, 0.717) is 24.7 Å². The van der Waals surface area contributed by atoms with Gasteiger partial charge in [-0.15, -0.1) is 30.4 Å². The van der Waals surface area contributed by atoms with E-state index in [0.717, 1.165) is 15.7 Å². The van der Waals surface area contributed by atoms with Crippen LogP contribution in [-0.4, -0.2) is 41.5 Å². The first-order valence-electron chi connectivity index (χ1n) is 8.59. The molecule has 0 aliphatic carbocycles. The Bertz CT molecular complexity index is 872. The molecule has 0 aliphatic heterocycles. The fourth-order valence-electron chi connectivity index (χ4n) is 2.54. The van der Waals surface area contributed by atoms with Crippen LogP contribution in [0.15, 0.2) is 46.0 Å². The van der Waals surface area contributed by atoms with Crippen molar-refractivity contribution in [1.29, 1.82) is 0 Å². The topological polar surface area (TPSA) is 61.7 Å². The molecule has 0 bridgehead atoms. The molecule has 2 rings (SSSR count). The Morgan fingerprint density at radius 3 is 2.75 bits per heavy atom. The summed E-state index contributed by atoms with van der Waals surface area (Å²) < 4.78 is 3.08. The average molecular weight is 558 g/mol. The van der Waals surface area contributed by atoms with Gasteiger partial charge in [0.2, 0.25) is 5.91 Å². The number of guanidine groups is 1. The minimum Gasteiger partial charge on any atom is -0.357 e. The van der Waals surface area contributed by atoms with E-state index in [-0.39, 0.29) is 36.4 Å². The lowest BCUT2D eigenvalue weighted by atomic mass is 10.2. The van der Waals surface area contributed by atoms with Crippen molar-refractivity contribution in [2.24, 2.45) is 12.0 Å². The lowest BCUT2D eigenvalue weighted by molar-refractivity contribution is -0.114. The van der Waals surface area contributed by atoms with E-state index in [1.165, 1.54) is 0 Å². The Morgan fingerprint density at radius 2 is 2.14 bits per heavy atom. The SMILES string of the molecule is C#Cc1cccc(NC(=O)CN=C(NCC)N(C)Cc2cc(Br)cn2C)c1.I. The smallest absolute Gasteiger partial charge is 0.246 e. The quantitative estimate of drug-likeness (QED) is 0.248. The van der Waals surface area contributed by atoms with Crippen LogP contribution in [0.3, 0.4) is 0 Å². The number of aliphatic imine (C=N–C) groups is 1. The van der Waals surface area contributed by atoms with Crippen molar-refractivity contribution in [3.8, 4) is 12.3 Å². The van der Waals surface area contributed by atoms with Crippen LogP contribution in [0.2, 0.25) is 0 Å². The van der Waals surface area contributed by atoms with Gasteiger partial charge in [-0.1, -0.05) is 12.0 Å². The zero-order chi connectivity index (χ0) is 19.8. The van der Waals surface area contributed by atoms with Crippen molar-refractivity contribution in [3.05, 3.63) is 52.3 Å². The summed E-state index contributed by atoms with van der Waals surface area (Å²) in [6.07, 6.45) is 7.39. The molecule has 1 aromatic carbocycles. The number of halogens is 2. The number of hydrogen-bond acceptors (Lipinski definition) is 2. The predicted molar refractivity (Wildman–Crippen MR) is 129 cm³/mol. The van der Waals surface area contributed by atoms with Gasteiger partial charge in [-0.3, -0.25) is 4.79 Å². The number of anilines is 1. The van der Waals surface area contributed by atoms with Gasteiger partial charge in [0.05, 0.1) is 6.54 Å². The summed E-state index contributed by atoms with van der Waals surface area (Å²) in [5.41, 5.74) is 2.52. The fourth-order valence-corrected chi connectivity index (χ4v) is 3.12. The van der Waals surface area contributed by atoms with Gasteiger partial charge in [-0.2, -0.15) is 0 Å². The van der Waals surface area contributed by atoms with Crippen molar-refractivity contribution in [1.82, 2.24) is 14.8 Å². The molecule has 6 nitrogen and oxygen atoms in total. The van der Waals surface area contributed by atoms with Crippen LogP contribution in [0.25, 0.3) is 0 Å². The highest BCUT2D eigenvalue weighted by atomic mass is 127. The first kappa shape index (κ1) is 24.0. The summed E-state index contributed by atoms with van der Waals surface area (Å²) >= 11 is 3.48. The second kappa shape index (κ2) is 11.8. The summed E-state index contributed by atoms with van der Waals surface area (Å²) in [5.74, 6) is 3.02. The Morgan fingerprint density at radius 1 is 1.39 bits per heavy atom. The number of amides is 1. The third kappa shape index (κ3) is 7.20. The first-order chi connectivity index (χ1) is 12.9. The lowest BCUT2D eigenvalue weighted by Crippen LogP contribution is -2.39. The van der Waals surface area contributed by atoms with Gasteiger partial charge in [0.15, 0.2) is 5.96 Å². The number of aryl methyl sites for hydroxylation is 1. The second-order valence-electron chi connectivity index (χ2n) is 6.06. The van der Waals surface area contributed by atoms with Gasteiger partial charge < -0.3 is 20.1 Å². The van der Waals surface area contributed by atoms with Gasteiger partial charge >= 0.3 is 0 Å². The van der Waals surface area contributed by atoms with Gasteiger partial charge in [-0.05, 0) is 47.1 Å². The number of hydrogen-bond donors (Lipinski definition) is 2. The van der Waals surface area contributed by atoms with Crippen molar-refractivity contribution < 1.29 is 4.79 Å². The number of carbonyl (C=O) groups is 1. The molecule has 1 amide bonds. The second-order valence-corrected chi connectivity index (χ2v) is 6.98. The molecular weight excluding hydrogens is 533 g/mol. The van der Waals surface area contributed by atoms with Crippen molar-refractivity contribution >= 4 is 57.5 Å². The summed E-state index contributed by atoms with van der Waals surface area (Å²) in [7, 11) is 3.94. The van der Waals surface area contributed by atoms with Crippen molar-refractivity contribution in [2.45, 2.75) is 13.5 Å². The van der Waals surface area contributed by atoms with E-state index < -0.39 is 0 Å². The van der Waals surface area contributed by atoms with Gasteiger partial charge in [-0.25, -0.2) is 4.99 Å². The van der Waals surface area contributed by atoms with Gasteiger partial charge in [0, 0.05) is 48.3 Å². The largest absolute Gasteiger partial charge is 0.357 e. The highest BCUT2D eigenvalue weighted by molar-refractivity contribution is 14.0. The van der Waals surface area contributed by atoms with E-state index in [2.05, 4.69) is 48.1 Å². The molecule has 2 N–H and O–H groups in total. The van der Waals surface area contributed by atoms with Crippen LogP contribution in [-0.2, 0) is 18.4 Å². The van der Waals surface area contributed by atoms with Gasteiger partial charge in [0.25, 0.3) is 0 Å². The maximum Gasteiger partial charge on any atom is 0.246 e. The number of rotatable bonds is 6.